The molecule has 25 heavy (non-hydrogen) atoms. The van der Waals surface area contributed by atoms with Gasteiger partial charge in [-0.2, -0.15) is 0 Å². The number of hydrogen-bond acceptors (Lipinski definition) is 4. The smallest absolute Gasteiger partial charge is 0.273 e. The predicted octanol–water partition coefficient (Wildman–Crippen LogP) is 3.34. The fourth-order valence-corrected chi connectivity index (χ4v) is 3.30. The van der Waals surface area contributed by atoms with Gasteiger partial charge in [-0.15, -0.1) is 0 Å². The van der Waals surface area contributed by atoms with Crippen molar-refractivity contribution in [3.63, 3.8) is 0 Å². The van der Waals surface area contributed by atoms with Gasteiger partial charge in [-0.3, -0.25) is 19.9 Å². The largest absolute Gasteiger partial charge is 0.274 e. The van der Waals surface area contributed by atoms with Crippen LogP contribution in [0.3, 0.4) is 0 Å². The summed E-state index contributed by atoms with van der Waals surface area (Å²) in [6.45, 7) is 1.95. The van der Waals surface area contributed by atoms with Crippen LogP contribution >= 0.6 is 15.9 Å². The molecular formula is C19H15BrN2O3. The summed E-state index contributed by atoms with van der Waals surface area (Å²) in [6.07, 6.45) is 1.68. The number of halogens is 1. The van der Waals surface area contributed by atoms with Crippen LogP contribution in [0.25, 0.3) is 5.70 Å². The highest BCUT2D eigenvalue weighted by Crippen LogP contribution is 2.38. The van der Waals surface area contributed by atoms with Crippen LogP contribution in [-0.4, -0.2) is 17.4 Å². The van der Waals surface area contributed by atoms with Crippen LogP contribution in [0.1, 0.15) is 17.5 Å². The lowest BCUT2D eigenvalue weighted by Crippen LogP contribution is -2.40. The Hall–Kier alpha value is -2.44. The minimum Gasteiger partial charge on any atom is -0.274 e. The molecule has 2 heterocycles. The van der Waals surface area contributed by atoms with Gasteiger partial charge in [-0.25, -0.2) is 4.90 Å². The Morgan fingerprint density at radius 2 is 1.76 bits per heavy atom. The first kappa shape index (κ1) is 16.1. The molecule has 2 aromatic rings. The zero-order valence-corrected chi connectivity index (χ0v) is 15.0. The summed E-state index contributed by atoms with van der Waals surface area (Å²) in [5.74, 6) is -0.648. The number of carbonyl (C=O) groups excluding carboxylic acids is 2. The Morgan fingerprint density at radius 3 is 2.44 bits per heavy atom. The summed E-state index contributed by atoms with van der Waals surface area (Å²) < 4.78 is 0.961. The molecule has 0 unspecified atom stereocenters. The van der Waals surface area contributed by atoms with E-state index in [1.54, 1.807) is 18.2 Å². The highest BCUT2D eigenvalue weighted by Gasteiger charge is 2.55. The fourth-order valence-electron chi connectivity index (χ4n) is 3.04. The Labute approximate surface area is 153 Å². The molecule has 6 heteroatoms. The molecule has 5 nitrogen and oxygen atoms in total. The van der Waals surface area contributed by atoms with Gasteiger partial charge < -0.3 is 0 Å². The van der Waals surface area contributed by atoms with Crippen LogP contribution in [0, 0.1) is 6.92 Å². The molecule has 2 aliphatic rings. The minimum absolute atomic E-state index is 0.0211. The number of nitrogens with one attached hydrogen (secondary N) is 1. The molecule has 0 bridgehead atoms. The molecule has 2 aromatic carbocycles. The van der Waals surface area contributed by atoms with E-state index >= 15 is 0 Å². The van der Waals surface area contributed by atoms with Crippen LogP contribution in [0.5, 0.6) is 0 Å². The van der Waals surface area contributed by atoms with Crippen LogP contribution in [-0.2, 0) is 14.4 Å². The maximum absolute atomic E-state index is 12.9. The normalized spacial score (nSPS) is 22.5. The molecule has 2 aliphatic heterocycles. The van der Waals surface area contributed by atoms with E-state index < -0.39 is 5.60 Å². The SMILES string of the molecule is Cc1ccc(N2C(=O)C[C@@]3(C=C(c4ccc(Br)cc4)NO3)C2=O)cc1. The summed E-state index contributed by atoms with van der Waals surface area (Å²) >= 11 is 3.39. The van der Waals surface area contributed by atoms with Crippen molar-refractivity contribution in [3.05, 3.63) is 70.2 Å². The van der Waals surface area contributed by atoms with Gasteiger partial charge in [-0.1, -0.05) is 45.8 Å². The first-order valence-electron chi connectivity index (χ1n) is 7.85. The first-order valence-corrected chi connectivity index (χ1v) is 8.65. The average molecular weight is 399 g/mol. The molecule has 0 saturated carbocycles. The lowest BCUT2D eigenvalue weighted by atomic mass is 9.99. The predicted molar refractivity (Wildman–Crippen MR) is 97.4 cm³/mol. The van der Waals surface area contributed by atoms with Gasteiger partial charge in [-0.05, 0) is 42.8 Å². The molecule has 1 fully saturated rings. The molecule has 1 saturated heterocycles. The van der Waals surface area contributed by atoms with Gasteiger partial charge in [0.15, 0.2) is 0 Å². The van der Waals surface area contributed by atoms with Crippen molar-refractivity contribution in [2.45, 2.75) is 18.9 Å². The Morgan fingerprint density at radius 1 is 1.08 bits per heavy atom. The number of anilines is 1. The highest BCUT2D eigenvalue weighted by atomic mass is 79.9. The molecular weight excluding hydrogens is 384 g/mol. The Balaban J connectivity index is 1.67. The summed E-state index contributed by atoms with van der Waals surface area (Å²) in [5, 5.41) is 0. The standard InChI is InChI=1S/C19H15BrN2O3/c1-12-2-8-15(9-3-12)22-17(23)11-19(18(22)24)10-16(21-25-19)13-4-6-14(20)7-5-13/h2-10,21H,11H2,1H3/t19-/m0/s1. The first-order chi connectivity index (χ1) is 12.0. The minimum atomic E-state index is -1.29. The van der Waals surface area contributed by atoms with Crippen molar-refractivity contribution in [1.29, 1.82) is 0 Å². The number of benzene rings is 2. The van der Waals surface area contributed by atoms with Crippen molar-refractivity contribution < 1.29 is 14.4 Å². The van der Waals surface area contributed by atoms with Gasteiger partial charge in [0.1, 0.15) is 0 Å². The monoisotopic (exact) mass is 398 g/mol. The number of imide groups is 1. The van der Waals surface area contributed by atoms with E-state index in [9.17, 15) is 9.59 Å². The van der Waals surface area contributed by atoms with E-state index in [4.69, 9.17) is 4.84 Å². The van der Waals surface area contributed by atoms with E-state index in [0.717, 1.165) is 15.6 Å². The highest BCUT2D eigenvalue weighted by molar-refractivity contribution is 9.10. The Bertz CT molecular complexity index is 890. The third kappa shape index (κ3) is 2.67. The third-order valence-corrected chi connectivity index (χ3v) is 4.93. The van der Waals surface area contributed by atoms with E-state index in [0.29, 0.717) is 11.4 Å². The molecule has 1 spiro atoms. The van der Waals surface area contributed by atoms with E-state index in [1.165, 1.54) is 4.90 Å². The summed E-state index contributed by atoms with van der Waals surface area (Å²) in [5.41, 5.74) is 4.70. The summed E-state index contributed by atoms with van der Waals surface area (Å²) in [4.78, 5) is 32.2. The second-order valence-electron chi connectivity index (χ2n) is 6.21. The number of amides is 2. The molecule has 2 amide bonds. The number of nitrogens with zero attached hydrogens (tertiary/aromatic N) is 1. The number of hydroxylamine groups is 1. The van der Waals surface area contributed by atoms with Gasteiger partial charge in [0.25, 0.3) is 5.91 Å². The summed E-state index contributed by atoms with van der Waals surface area (Å²) in [6, 6.07) is 14.9. The van der Waals surface area contributed by atoms with Gasteiger partial charge in [0, 0.05) is 4.47 Å². The molecule has 0 radical (unpaired) electrons. The maximum atomic E-state index is 12.9. The van der Waals surface area contributed by atoms with E-state index in [2.05, 4.69) is 21.4 Å². The van der Waals surface area contributed by atoms with Crippen molar-refractivity contribution >= 4 is 39.1 Å². The number of carbonyl (C=O) groups is 2. The summed E-state index contributed by atoms with van der Waals surface area (Å²) in [7, 11) is 0. The van der Waals surface area contributed by atoms with Crippen molar-refractivity contribution in [2.24, 2.45) is 0 Å². The number of hydrogen-bond donors (Lipinski definition) is 1. The topological polar surface area (TPSA) is 58.6 Å². The molecule has 1 atom stereocenters. The fraction of sp³-hybridized carbons (Fsp3) is 0.158. The van der Waals surface area contributed by atoms with Crippen LogP contribution in [0.4, 0.5) is 5.69 Å². The lowest BCUT2D eigenvalue weighted by molar-refractivity contribution is -0.136. The van der Waals surface area contributed by atoms with E-state index in [-0.39, 0.29) is 18.2 Å². The zero-order chi connectivity index (χ0) is 17.6. The quantitative estimate of drug-likeness (QED) is 0.788. The van der Waals surface area contributed by atoms with E-state index in [1.807, 2.05) is 43.3 Å². The van der Waals surface area contributed by atoms with Gasteiger partial charge >= 0.3 is 0 Å². The van der Waals surface area contributed by atoms with Crippen molar-refractivity contribution in [3.8, 4) is 0 Å². The number of rotatable bonds is 2. The molecule has 126 valence electrons. The molecule has 1 N–H and O–H groups in total. The second-order valence-corrected chi connectivity index (χ2v) is 7.12. The van der Waals surface area contributed by atoms with Crippen molar-refractivity contribution in [1.82, 2.24) is 5.48 Å². The zero-order valence-electron chi connectivity index (χ0n) is 13.5. The second kappa shape index (κ2) is 5.82. The van der Waals surface area contributed by atoms with Crippen molar-refractivity contribution in [2.75, 3.05) is 4.90 Å². The molecule has 4 rings (SSSR count). The molecule has 0 aliphatic carbocycles. The van der Waals surface area contributed by atoms with Gasteiger partial charge in [0.2, 0.25) is 11.5 Å². The van der Waals surface area contributed by atoms with Crippen LogP contribution < -0.4 is 10.4 Å². The maximum Gasteiger partial charge on any atom is 0.273 e. The third-order valence-electron chi connectivity index (χ3n) is 4.40. The lowest BCUT2D eigenvalue weighted by Gasteiger charge is -2.18. The van der Waals surface area contributed by atoms with Crippen LogP contribution in [0.2, 0.25) is 0 Å². The van der Waals surface area contributed by atoms with Crippen LogP contribution in [0.15, 0.2) is 59.1 Å². The molecule has 0 aromatic heterocycles. The Kier molecular flexibility index (Phi) is 3.74. The average Bonchev–Trinajstić information content (AvgIpc) is 3.12. The van der Waals surface area contributed by atoms with Gasteiger partial charge in [0.05, 0.1) is 17.8 Å². The number of aryl methyl sites for hydroxylation is 1.